The smallest absolute Gasteiger partial charge is 0.243 e. The van der Waals surface area contributed by atoms with Crippen LogP contribution in [0.2, 0.25) is 5.28 Å². The van der Waals surface area contributed by atoms with E-state index in [1.807, 2.05) is 4.90 Å². The van der Waals surface area contributed by atoms with E-state index in [0.29, 0.717) is 31.9 Å². The Morgan fingerprint density at radius 3 is 2.35 bits per heavy atom. The Balaban J connectivity index is 1.70. The summed E-state index contributed by atoms with van der Waals surface area (Å²) in [5.74, 6) is 0.627. The summed E-state index contributed by atoms with van der Waals surface area (Å²) in [5, 5.41) is 0.940. The van der Waals surface area contributed by atoms with Crippen LogP contribution in [0.3, 0.4) is 0 Å². The first-order valence-corrected chi connectivity index (χ1v) is 9.48. The Kier molecular flexibility index (Phi) is 4.72. The third-order valence-electron chi connectivity index (χ3n) is 3.60. The second kappa shape index (κ2) is 6.60. The maximum absolute atomic E-state index is 12.7. The first-order valence-electron chi connectivity index (χ1n) is 6.89. The number of nitrogens with zero attached hydrogens (tertiary/aromatic N) is 4. The lowest BCUT2D eigenvalue weighted by Crippen LogP contribution is -2.48. The highest BCUT2D eigenvalue weighted by atomic mass is 35.5. The molecule has 0 bridgehead atoms. The number of anilines is 1. The van der Waals surface area contributed by atoms with Crippen molar-refractivity contribution in [2.24, 2.45) is 0 Å². The first-order chi connectivity index (χ1) is 11.0. The molecule has 0 N–H and O–H groups in total. The van der Waals surface area contributed by atoms with Gasteiger partial charge in [0.1, 0.15) is 5.75 Å². The van der Waals surface area contributed by atoms with Gasteiger partial charge in [-0.25, -0.2) is 8.42 Å². The zero-order valence-electron chi connectivity index (χ0n) is 12.3. The molecule has 0 amide bonds. The van der Waals surface area contributed by atoms with Crippen molar-refractivity contribution in [1.82, 2.24) is 13.7 Å². The van der Waals surface area contributed by atoms with Crippen molar-refractivity contribution in [2.45, 2.75) is 4.90 Å². The fourth-order valence-corrected chi connectivity index (χ4v) is 4.62. The number of halogens is 1. The molecule has 2 aromatic rings. The number of hydrogen-bond acceptors (Lipinski definition) is 7. The van der Waals surface area contributed by atoms with E-state index in [4.69, 9.17) is 16.3 Å². The molecule has 3 rings (SSSR count). The maximum atomic E-state index is 12.7. The Bertz CT molecular complexity index is 771. The van der Waals surface area contributed by atoms with Crippen LogP contribution in [0, 0.1) is 0 Å². The number of methoxy groups -OCH3 is 1. The molecule has 1 aliphatic rings. The maximum Gasteiger partial charge on any atom is 0.243 e. The SMILES string of the molecule is COc1ccc(S(=O)(=O)N2CCN(c3nc(Cl)ns3)CC2)cc1. The van der Waals surface area contributed by atoms with Crippen LogP contribution in [0.15, 0.2) is 29.2 Å². The van der Waals surface area contributed by atoms with Gasteiger partial charge in [0, 0.05) is 37.7 Å². The normalized spacial score (nSPS) is 16.5. The molecule has 0 saturated carbocycles. The molecule has 1 saturated heterocycles. The molecule has 0 spiro atoms. The van der Waals surface area contributed by atoms with Gasteiger partial charge in [0.2, 0.25) is 20.4 Å². The molecule has 23 heavy (non-hydrogen) atoms. The van der Waals surface area contributed by atoms with Gasteiger partial charge in [-0.2, -0.15) is 13.7 Å². The average molecular weight is 375 g/mol. The number of ether oxygens (including phenoxy) is 1. The number of sulfonamides is 1. The van der Waals surface area contributed by atoms with Crippen molar-refractivity contribution in [3.05, 3.63) is 29.5 Å². The molecule has 0 unspecified atom stereocenters. The molecular weight excluding hydrogens is 360 g/mol. The predicted molar refractivity (Wildman–Crippen MR) is 88.9 cm³/mol. The lowest BCUT2D eigenvalue weighted by atomic mass is 10.3. The lowest BCUT2D eigenvalue weighted by molar-refractivity contribution is 0.384. The van der Waals surface area contributed by atoms with Crippen LogP contribution in [0.25, 0.3) is 0 Å². The van der Waals surface area contributed by atoms with Gasteiger partial charge < -0.3 is 9.64 Å². The summed E-state index contributed by atoms with van der Waals surface area (Å²) in [6.45, 7) is 1.90. The van der Waals surface area contributed by atoms with Crippen LogP contribution in [0.5, 0.6) is 5.75 Å². The summed E-state index contributed by atoms with van der Waals surface area (Å²) in [6, 6.07) is 6.41. The topological polar surface area (TPSA) is 75.6 Å². The quantitative estimate of drug-likeness (QED) is 0.811. The van der Waals surface area contributed by atoms with Crippen molar-refractivity contribution < 1.29 is 13.2 Å². The lowest BCUT2D eigenvalue weighted by Gasteiger charge is -2.33. The van der Waals surface area contributed by atoms with E-state index < -0.39 is 10.0 Å². The van der Waals surface area contributed by atoms with Crippen LogP contribution in [-0.2, 0) is 10.0 Å². The Morgan fingerprint density at radius 1 is 1.17 bits per heavy atom. The second-order valence-electron chi connectivity index (χ2n) is 4.91. The van der Waals surface area contributed by atoms with Gasteiger partial charge in [0.15, 0.2) is 0 Å². The highest BCUT2D eigenvalue weighted by molar-refractivity contribution is 7.89. The van der Waals surface area contributed by atoms with E-state index in [2.05, 4.69) is 9.36 Å². The summed E-state index contributed by atoms with van der Waals surface area (Å²) in [5.41, 5.74) is 0. The van der Waals surface area contributed by atoms with Crippen molar-refractivity contribution in [2.75, 3.05) is 38.2 Å². The van der Waals surface area contributed by atoms with Crippen LogP contribution >= 0.6 is 23.1 Å². The van der Waals surface area contributed by atoms with Crippen molar-refractivity contribution in [3.63, 3.8) is 0 Å². The van der Waals surface area contributed by atoms with Crippen molar-refractivity contribution >= 4 is 38.3 Å². The monoisotopic (exact) mass is 374 g/mol. The predicted octanol–water partition coefficient (Wildman–Crippen LogP) is 1.71. The molecule has 0 radical (unpaired) electrons. The van der Waals surface area contributed by atoms with Crippen molar-refractivity contribution in [3.8, 4) is 5.75 Å². The van der Waals surface area contributed by atoms with Gasteiger partial charge >= 0.3 is 0 Å². The highest BCUT2D eigenvalue weighted by Gasteiger charge is 2.29. The van der Waals surface area contributed by atoms with E-state index in [1.165, 1.54) is 15.8 Å². The van der Waals surface area contributed by atoms with Crippen LogP contribution in [0.4, 0.5) is 5.13 Å². The fraction of sp³-hybridized carbons (Fsp3) is 0.385. The Labute approximate surface area is 143 Å². The molecule has 2 heterocycles. The summed E-state index contributed by atoms with van der Waals surface area (Å²) >= 11 is 6.95. The molecular formula is C13H15ClN4O3S2. The highest BCUT2D eigenvalue weighted by Crippen LogP contribution is 2.24. The van der Waals surface area contributed by atoms with Gasteiger partial charge in [-0.1, -0.05) is 0 Å². The molecule has 7 nitrogen and oxygen atoms in total. The summed E-state index contributed by atoms with van der Waals surface area (Å²) in [4.78, 5) is 6.37. The zero-order chi connectivity index (χ0) is 16.4. The first kappa shape index (κ1) is 16.4. The van der Waals surface area contributed by atoms with Crippen LogP contribution in [0.1, 0.15) is 0 Å². The fourth-order valence-electron chi connectivity index (χ4n) is 2.34. The van der Waals surface area contributed by atoms with Gasteiger partial charge in [-0.3, -0.25) is 0 Å². The summed E-state index contributed by atoms with van der Waals surface area (Å²) in [7, 11) is -1.95. The van der Waals surface area contributed by atoms with E-state index >= 15 is 0 Å². The minimum absolute atomic E-state index is 0.221. The largest absolute Gasteiger partial charge is 0.497 e. The average Bonchev–Trinajstić information content (AvgIpc) is 3.01. The number of rotatable bonds is 4. The van der Waals surface area contributed by atoms with Gasteiger partial charge in [-0.05, 0) is 35.9 Å². The van der Waals surface area contributed by atoms with E-state index in [9.17, 15) is 8.42 Å². The molecule has 1 aliphatic heterocycles. The third-order valence-corrected chi connectivity index (χ3v) is 6.56. The second-order valence-corrected chi connectivity index (χ2v) is 7.92. The van der Waals surface area contributed by atoms with Gasteiger partial charge in [0.05, 0.1) is 12.0 Å². The Morgan fingerprint density at radius 2 is 1.83 bits per heavy atom. The number of benzene rings is 1. The molecule has 124 valence electrons. The number of piperazine rings is 1. The summed E-state index contributed by atoms with van der Waals surface area (Å²) < 4.78 is 35.8. The molecule has 0 aliphatic carbocycles. The van der Waals surface area contributed by atoms with Crippen molar-refractivity contribution in [1.29, 1.82) is 0 Å². The van der Waals surface area contributed by atoms with Crippen LogP contribution in [-0.4, -0.2) is 55.4 Å². The molecule has 0 atom stereocenters. The van der Waals surface area contributed by atoms with Gasteiger partial charge in [-0.15, -0.1) is 0 Å². The molecule has 1 aromatic carbocycles. The minimum Gasteiger partial charge on any atom is -0.497 e. The van der Waals surface area contributed by atoms with E-state index in [-0.39, 0.29) is 10.2 Å². The molecule has 1 aromatic heterocycles. The number of hydrogen-bond donors (Lipinski definition) is 0. The third kappa shape index (κ3) is 3.42. The standard InChI is InChI=1S/C13H15ClN4O3S2/c1-21-10-2-4-11(5-3-10)23(19,20)18-8-6-17(7-9-18)13-15-12(14)16-22-13/h2-5H,6-9H2,1H3. The zero-order valence-corrected chi connectivity index (χ0v) is 14.7. The minimum atomic E-state index is -3.50. The number of aromatic nitrogens is 2. The Hall–Kier alpha value is -1.42. The molecule has 1 fully saturated rings. The van der Waals surface area contributed by atoms with E-state index in [1.54, 1.807) is 31.4 Å². The van der Waals surface area contributed by atoms with E-state index in [0.717, 1.165) is 5.13 Å². The summed E-state index contributed by atoms with van der Waals surface area (Å²) in [6.07, 6.45) is 0. The van der Waals surface area contributed by atoms with Gasteiger partial charge in [0.25, 0.3) is 0 Å². The van der Waals surface area contributed by atoms with Crippen LogP contribution < -0.4 is 9.64 Å². The molecule has 10 heteroatoms.